The van der Waals surface area contributed by atoms with Gasteiger partial charge in [0.05, 0.1) is 13.1 Å². The van der Waals surface area contributed by atoms with Crippen LogP contribution in [0.25, 0.3) is 0 Å². The van der Waals surface area contributed by atoms with Crippen LogP contribution >= 0.6 is 0 Å². The SMILES string of the molecule is CCNC(=NCCn1cccn1)N1CCN(C(=O)C2CCCO2)CC1. The van der Waals surface area contributed by atoms with Crippen molar-refractivity contribution in [2.24, 2.45) is 4.99 Å². The molecule has 1 aromatic heterocycles. The Morgan fingerprint density at radius 2 is 2.12 bits per heavy atom. The number of guanidine groups is 1. The summed E-state index contributed by atoms with van der Waals surface area (Å²) in [4.78, 5) is 21.3. The summed E-state index contributed by atoms with van der Waals surface area (Å²) in [5, 5.41) is 7.55. The number of aliphatic imine (C=N–C) groups is 1. The molecule has 0 saturated carbocycles. The maximum absolute atomic E-state index is 12.4. The van der Waals surface area contributed by atoms with E-state index in [0.717, 1.165) is 58.1 Å². The van der Waals surface area contributed by atoms with Crippen LogP contribution in [0.3, 0.4) is 0 Å². The van der Waals surface area contributed by atoms with Crippen molar-refractivity contribution in [3.63, 3.8) is 0 Å². The number of nitrogens with one attached hydrogen (secondary N) is 1. The first-order chi connectivity index (χ1) is 12.3. The molecule has 0 radical (unpaired) electrons. The lowest BCUT2D eigenvalue weighted by Crippen LogP contribution is -2.55. The Labute approximate surface area is 148 Å². The van der Waals surface area contributed by atoms with Crippen molar-refractivity contribution in [2.75, 3.05) is 45.9 Å². The van der Waals surface area contributed by atoms with Gasteiger partial charge in [-0.25, -0.2) is 0 Å². The third-order valence-electron chi connectivity index (χ3n) is 4.58. The van der Waals surface area contributed by atoms with Crippen molar-refractivity contribution < 1.29 is 9.53 Å². The Kier molecular flexibility index (Phi) is 6.27. The average Bonchev–Trinajstić information content (AvgIpc) is 3.34. The lowest BCUT2D eigenvalue weighted by atomic mass is 10.2. The van der Waals surface area contributed by atoms with Gasteiger partial charge in [0.15, 0.2) is 5.96 Å². The zero-order valence-electron chi connectivity index (χ0n) is 14.9. The topological polar surface area (TPSA) is 75.0 Å². The Morgan fingerprint density at radius 1 is 1.32 bits per heavy atom. The van der Waals surface area contributed by atoms with Crippen molar-refractivity contribution in [2.45, 2.75) is 32.4 Å². The Morgan fingerprint density at radius 3 is 2.76 bits per heavy atom. The standard InChI is InChI=1S/C17H28N6O2/c1-2-18-17(19-7-9-23-8-4-6-20-23)22-12-10-21(11-13-22)16(24)15-5-3-14-25-15/h4,6,8,15H,2-3,5,7,9-14H2,1H3,(H,18,19). The van der Waals surface area contributed by atoms with Crippen molar-refractivity contribution in [3.05, 3.63) is 18.5 Å². The number of hydrogen-bond donors (Lipinski definition) is 1. The Hall–Kier alpha value is -2.09. The number of rotatable bonds is 5. The van der Waals surface area contributed by atoms with Crippen LogP contribution in [0.4, 0.5) is 0 Å². The molecular formula is C17H28N6O2. The molecule has 2 aliphatic heterocycles. The van der Waals surface area contributed by atoms with Gasteiger partial charge in [-0.3, -0.25) is 14.5 Å². The van der Waals surface area contributed by atoms with Crippen molar-refractivity contribution in [1.82, 2.24) is 24.9 Å². The van der Waals surface area contributed by atoms with Gasteiger partial charge in [0.1, 0.15) is 6.10 Å². The van der Waals surface area contributed by atoms with E-state index in [1.807, 2.05) is 21.8 Å². The molecule has 1 atom stereocenters. The summed E-state index contributed by atoms with van der Waals surface area (Å²) in [6.45, 7) is 8.10. The van der Waals surface area contributed by atoms with E-state index in [-0.39, 0.29) is 12.0 Å². The summed E-state index contributed by atoms with van der Waals surface area (Å²) in [7, 11) is 0. The van der Waals surface area contributed by atoms with Crippen LogP contribution in [0.2, 0.25) is 0 Å². The monoisotopic (exact) mass is 348 g/mol. The third-order valence-corrected chi connectivity index (χ3v) is 4.58. The van der Waals surface area contributed by atoms with E-state index >= 15 is 0 Å². The van der Waals surface area contributed by atoms with Gasteiger partial charge in [-0.2, -0.15) is 5.10 Å². The molecular weight excluding hydrogens is 320 g/mol. The highest BCUT2D eigenvalue weighted by atomic mass is 16.5. The number of piperazine rings is 1. The van der Waals surface area contributed by atoms with Crippen molar-refractivity contribution in [3.8, 4) is 0 Å². The molecule has 0 spiro atoms. The summed E-state index contributed by atoms with van der Waals surface area (Å²) < 4.78 is 7.40. The third kappa shape index (κ3) is 4.72. The fourth-order valence-corrected chi connectivity index (χ4v) is 3.23. The fraction of sp³-hybridized carbons (Fsp3) is 0.706. The molecule has 8 nitrogen and oxygen atoms in total. The molecule has 0 aromatic carbocycles. The highest BCUT2D eigenvalue weighted by Crippen LogP contribution is 2.16. The predicted molar refractivity (Wildman–Crippen MR) is 95.3 cm³/mol. The zero-order chi connectivity index (χ0) is 17.5. The predicted octanol–water partition coefficient (Wildman–Crippen LogP) is 0.172. The van der Waals surface area contributed by atoms with Crippen LogP contribution in [0, 0.1) is 0 Å². The molecule has 25 heavy (non-hydrogen) atoms. The molecule has 3 heterocycles. The number of ether oxygens (including phenoxy) is 1. The van der Waals surface area contributed by atoms with Crippen molar-refractivity contribution >= 4 is 11.9 Å². The fourth-order valence-electron chi connectivity index (χ4n) is 3.23. The largest absolute Gasteiger partial charge is 0.368 e. The molecule has 0 bridgehead atoms. The second-order valence-corrected chi connectivity index (χ2v) is 6.32. The van der Waals surface area contributed by atoms with Gasteiger partial charge in [-0.05, 0) is 25.8 Å². The molecule has 0 aliphatic carbocycles. The van der Waals surface area contributed by atoms with Crippen molar-refractivity contribution in [1.29, 1.82) is 0 Å². The highest BCUT2D eigenvalue weighted by molar-refractivity contribution is 5.82. The number of nitrogens with zero attached hydrogens (tertiary/aromatic N) is 5. The molecule has 1 amide bonds. The van der Waals surface area contributed by atoms with Crippen LogP contribution in [-0.4, -0.2) is 83.4 Å². The maximum Gasteiger partial charge on any atom is 0.251 e. The minimum atomic E-state index is -0.220. The van der Waals surface area contributed by atoms with Crippen LogP contribution in [0.5, 0.6) is 0 Å². The molecule has 138 valence electrons. The van der Waals surface area contributed by atoms with E-state index in [0.29, 0.717) is 13.2 Å². The minimum Gasteiger partial charge on any atom is -0.368 e. The summed E-state index contributed by atoms with van der Waals surface area (Å²) >= 11 is 0. The van der Waals surface area contributed by atoms with Crippen LogP contribution in [0.1, 0.15) is 19.8 Å². The lowest BCUT2D eigenvalue weighted by Gasteiger charge is -2.37. The second kappa shape index (κ2) is 8.84. The molecule has 8 heteroatoms. The molecule has 1 unspecified atom stereocenters. The smallest absolute Gasteiger partial charge is 0.251 e. The normalized spacial score (nSPS) is 21.6. The number of amides is 1. The zero-order valence-corrected chi connectivity index (χ0v) is 14.9. The Balaban J connectivity index is 1.50. The molecule has 1 N–H and O–H groups in total. The summed E-state index contributed by atoms with van der Waals surface area (Å²) in [5.41, 5.74) is 0. The van der Waals surface area contributed by atoms with E-state index in [2.05, 4.69) is 22.2 Å². The molecule has 3 rings (SSSR count). The first-order valence-electron chi connectivity index (χ1n) is 9.19. The van der Waals surface area contributed by atoms with Crippen LogP contribution < -0.4 is 5.32 Å². The minimum absolute atomic E-state index is 0.151. The number of carbonyl (C=O) groups excluding carboxylic acids is 1. The summed E-state index contributed by atoms with van der Waals surface area (Å²) in [5.74, 6) is 1.07. The second-order valence-electron chi connectivity index (χ2n) is 6.32. The van der Waals surface area contributed by atoms with Gasteiger partial charge >= 0.3 is 0 Å². The summed E-state index contributed by atoms with van der Waals surface area (Å²) in [6.07, 6.45) is 5.35. The number of aromatic nitrogens is 2. The van der Waals surface area contributed by atoms with E-state index in [4.69, 9.17) is 9.73 Å². The molecule has 2 fully saturated rings. The lowest BCUT2D eigenvalue weighted by molar-refractivity contribution is -0.142. The molecule has 1 aromatic rings. The van der Waals surface area contributed by atoms with Crippen LogP contribution in [0.15, 0.2) is 23.5 Å². The van der Waals surface area contributed by atoms with Gasteiger partial charge in [0, 0.05) is 51.7 Å². The van der Waals surface area contributed by atoms with Crippen LogP contribution in [-0.2, 0) is 16.1 Å². The van der Waals surface area contributed by atoms with Gasteiger partial charge in [0.25, 0.3) is 5.91 Å². The van der Waals surface area contributed by atoms with Gasteiger partial charge in [0.2, 0.25) is 0 Å². The van der Waals surface area contributed by atoms with E-state index in [1.54, 1.807) is 6.20 Å². The Bertz CT molecular complexity index is 560. The number of hydrogen-bond acceptors (Lipinski definition) is 4. The van der Waals surface area contributed by atoms with Gasteiger partial charge in [-0.15, -0.1) is 0 Å². The van der Waals surface area contributed by atoms with E-state index < -0.39 is 0 Å². The molecule has 2 saturated heterocycles. The van der Waals surface area contributed by atoms with Gasteiger partial charge < -0.3 is 19.9 Å². The average molecular weight is 348 g/mol. The van der Waals surface area contributed by atoms with E-state index in [9.17, 15) is 4.79 Å². The van der Waals surface area contributed by atoms with E-state index in [1.165, 1.54) is 0 Å². The first kappa shape index (κ1) is 17.7. The highest BCUT2D eigenvalue weighted by Gasteiger charge is 2.30. The number of carbonyl (C=O) groups is 1. The first-order valence-corrected chi connectivity index (χ1v) is 9.19. The van der Waals surface area contributed by atoms with Gasteiger partial charge in [-0.1, -0.05) is 0 Å². The maximum atomic E-state index is 12.4. The summed E-state index contributed by atoms with van der Waals surface area (Å²) in [6, 6.07) is 1.92. The molecule has 2 aliphatic rings. The quantitative estimate of drug-likeness (QED) is 0.607.